The van der Waals surface area contributed by atoms with E-state index in [1.54, 1.807) is 0 Å². The van der Waals surface area contributed by atoms with Gasteiger partial charge in [-0.25, -0.2) is 0 Å². The molecule has 4 heteroatoms. The van der Waals surface area contributed by atoms with Crippen molar-refractivity contribution in [2.24, 2.45) is 0 Å². The number of fused-ring (bicyclic) bond motifs is 2. The molecule has 0 saturated heterocycles. The van der Waals surface area contributed by atoms with Gasteiger partial charge in [0.2, 0.25) is 0 Å². The molecule has 0 saturated carbocycles. The van der Waals surface area contributed by atoms with Gasteiger partial charge in [0, 0.05) is 0 Å². The van der Waals surface area contributed by atoms with Gasteiger partial charge in [-0.2, -0.15) is 0 Å². The summed E-state index contributed by atoms with van der Waals surface area (Å²) in [7, 11) is 17.8. The van der Waals surface area contributed by atoms with Crippen molar-refractivity contribution in [1.82, 2.24) is 0 Å². The van der Waals surface area contributed by atoms with Gasteiger partial charge in [-0.15, -0.1) is 0 Å². The summed E-state index contributed by atoms with van der Waals surface area (Å²) in [5, 5.41) is 0. The molecule has 0 aromatic heterocycles. The van der Waals surface area contributed by atoms with Gasteiger partial charge in [-0.3, -0.25) is 0 Å². The Morgan fingerprint density at radius 1 is 0.463 bits per heavy atom. The zero-order valence-electron chi connectivity index (χ0n) is 31.8. The van der Waals surface area contributed by atoms with Crippen molar-refractivity contribution in [3.8, 4) is 44.5 Å². The molecule has 8 rings (SSSR count). The molecule has 2 aliphatic rings. The first-order chi connectivity index (χ1) is 26.3. The van der Waals surface area contributed by atoms with E-state index < -0.39 is 21.5 Å². The molecule has 0 aliphatic heterocycles. The molecule has 271 valence electrons. The Kier molecular flexibility index (Phi) is 10.5. The molecule has 2 aliphatic carbocycles. The third-order valence-electron chi connectivity index (χ3n) is 12.2. The van der Waals surface area contributed by atoms with Crippen LogP contribution in [0.1, 0.15) is 69.0 Å². The minimum absolute atomic E-state index is 0.0499. The van der Waals surface area contributed by atoms with Crippen LogP contribution >= 0.6 is 17.0 Å². The van der Waals surface area contributed by atoms with Crippen molar-refractivity contribution in [1.29, 1.82) is 0 Å². The Labute approximate surface area is 331 Å². The SMILES string of the molecule is CCCC1=Cc2c(ccc(-c3ccccc3)c2-c2ccccc2)[CH]1[Zr]([Cl])([Cl])([CH]1C(CCC)=Cc2c1ccc(-c1ccccc1)c2-c1ccccc1)[SiH](C)C. The normalized spacial score (nSPS) is 17.1. The second-order valence-electron chi connectivity index (χ2n) is 15.6. The van der Waals surface area contributed by atoms with E-state index in [1.165, 1.54) is 77.9 Å². The number of rotatable bonds is 11. The second-order valence-corrected chi connectivity index (χ2v) is 58.1. The van der Waals surface area contributed by atoms with Crippen molar-refractivity contribution in [3.05, 3.63) is 179 Å². The first kappa shape index (κ1) is 37.4. The fourth-order valence-corrected chi connectivity index (χ4v) is 41.2. The summed E-state index contributed by atoms with van der Waals surface area (Å²) in [4.78, 5) is 0. The third-order valence-corrected chi connectivity index (χ3v) is 64.0. The summed E-state index contributed by atoms with van der Waals surface area (Å²) < 4.78 is 0.0997. The molecule has 2 atom stereocenters. The molecule has 0 fully saturated rings. The van der Waals surface area contributed by atoms with Crippen molar-refractivity contribution < 1.29 is 15.6 Å². The van der Waals surface area contributed by atoms with E-state index >= 15 is 0 Å². The monoisotopic (exact) mass is 837 g/mol. The average molecular weight is 840 g/mol. The summed E-state index contributed by atoms with van der Waals surface area (Å²) in [6, 6.07) is 53.2. The zero-order chi connectivity index (χ0) is 37.5. The van der Waals surface area contributed by atoms with Crippen molar-refractivity contribution >= 4 is 35.1 Å². The van der Waals surface area contributed by atoms with Gasteiger partial charge in [-0.05, 0) is 0 Å². The molecule has 6 aromatic rings. The summed E-state index contributed by atoms with van der Waals surface area (Å²) in [5.74, 6) is -1.73. The van der Waals surface area contributed by atoms with Crippen molar-refractivity contribution in [3.63, 3.8) is 0 Å². The summed E-state index contributed by atoms with van der Waals surface area (Å²) in [6.45, 7) is 9.55. The second kappa shape index (κ2) is 15.2. The van der Waals surface area contributed by atoms with Crippen LogP contribution in [0.25, 0.3) is 56.7 Å². The van der Waals surface area contributed by atoms with Crippen LogP contribution in [0.4, 0.5) is 0 Å². The topological polar surface area (TPSA) is 0 Å². The standard InChI is InChI=1S/2C24H21.C2H7Si.2ClH.Zr/c2*1-2-9-18-16-21-14-15-22(19-10-5-3-6-11-19)24(23(21)17-18)20-12-7-4-8-13-20;1-3-2;;;/h2*3-8,10-17H,2,9H2,1H3;3H,1-2H3;2*1H;/q;;;;;+2/p-2. The van der Waals surface area contributed by atoms with Crippen LogP contribution in [0.15, 0.2) is 157 Å². The molecule has 0 spiro atoms. The van der Waals surface area contributed by atoms with Crippen LogP contribution < -0.4 is 0 Å². The molecule has 0 radical (unpaired) electrons. The summed E-state index contributed by atoms with van der Waals surface area (Å²) in [6.07, 6.45) is 9.15. The fraction of sp³-hybridized carbons (Fsp3) is 0.200. The molecule has 0 N–H and O–H groups in total. The van der Waals surface area contributed by atoms with Gasteiger partial charge in [-0.1, -0.05) is 0 Å². The fourth-order valence-electron chi connectivity index (χ4n) is 9.72. The molecule has 0 nitrogen and oxygen atoms in total. The van der Waals surface area contributed by atoms with Crippen molar-refractivity contribution in [2.75, 3.05) is 0 Å². The van der Waals surface area contributed by atoms with E-state index in [-0.39, 0.29) is 7.25 Å². The number of hydrogen-bond donors (Lipinski definition) is 0. The van der Waals surface area contributed by atoms with Gasteiger partial charge in [0.05, 0.1) is 0 Å². The average Bonchev–Trinajstić information content (AvgIpc) is 3.78. The van der Waals surface area contributed by atoms with Gasteiger partial charge in [0.1, 0.15) is 0 Å². The van der Waals surface area contributed by atoms with Crippen LogP contribution in [0.5, 0.6) is 0 Å². The summed E-state index contributed by atoms with van der Waals surface area (Å²) >= 11 is -5.01. The van der Waals surface area contributed by atoms with Gasteiger partial charge < -0.3 is 0 Å². The van der Waals surface area contributed by atoms with Gasteiger partial charge in [0.25, 0.3) is 0 Å². The molecule has 2 unspecified atom stereocenters. The van der Waals surface area contributed by atoms with E-state index in [1.807, 2.05) is 0 Å². The Morgan fingerprint density at radius 3 is 1.11 bits per heavy atom. The molecule has 0 heterocycles. The molecule has 54 heavy (non-hydrogen) atoms. The molecular formula is C50H49Cl2SiZr. The van der Waals surface area contributed by atoms with Crippen LogP contribution in [0, 0.1) is 0 Å². The van der Waals surface area contributed by atoms with Gasteiger partial charge in [0.15, 0.2) is 0 Å². The quantitative estimate of drug-likeness (QED) is 0.114. The first-order valence-electron chi connectivity index (χ1n) is 19.8. The van der Waals surface area contributed by atoms with Crippen LogP contribution in [-0.2, 0) is 15.6 Å². The number of allylic oxidation sites excluding steroid dienone is 2. The Morgan fingerprint density at radius 2 is 0.796 bits per heavy atom. The minimum atomic E-state index is -5.01. The molecule has 0 amide bonds. The third kappa shape index (κ3) is 6.23. The van der Waals surface area contributed by atoms with Gasteiger partial charge >= 0.3 is 334 Å². The number of benzene rings is 6. The maximum absolute atomic E-state index is 8.92. The van der Waals surface area contributed by atoms with Crippen molar-refractivity contribution in [2.45, 2.75) is 59.9 Å². The summed E-state index contributed by atoms with van der Waals surface area (Å²) in [5.41, 5.74) is 18.3. The number of hydrogen-bond acceptors (Lipinski definition) is 0. The Balaban J connectivity index is 1.40. The predicted octanol–water partition coefficient (Wildman–Crippen LogP) is 15.5. The van der Waals surface area contributed by atoms with E-state index in [2.05, 4.69) is 185 Å². The van der Waals surface area contributed by atoms with E-state index in [0.717, 1.165) is 25.7 Å². The zero-order valence-corrected chi connectivity index (χ0v) is 37.0. The van der Waals surface area contributed by atoms with E-state index in [9.17, 15) is 0 Å². The van der Waals surface area contributed by atoms with Crippen LogP contribution in [0.3, 0.4) is 0 Å². The molecule has 6 aromatic carbocycles. The van der Waals surface area contributed by atoms with E-state index in [0.29, 0.717) is 0 Å². The van der Waals surface area contributed by atoms with Crippen LogP contribution in [0.2, 0.25) is 13.1 Å². The predicted molar refractivity (Wildman–Crippen MR) is 236 cm³/mol. The Hall–Kier alpha value is -3.52. The van der Waals surface area contributed by atoms with Crippen LogP contribution in [-0.4, -0.2) is 5.92 Å². The molecular weight excluding hydrogens is 791 g/mol. The first-order valence-corrected chi connectivity index (χ1v) is 36.1. The molecule has 0 bridgehead atoms. The number of halogens is 2. The van der Waals surface area contributed by atoms with E-state index in [4.69, 9.17) is 17.0 Å². The maximum atomic E-state index is 8.92. The Bertz CT molecular complexity index is 2200.